The summed E-state index contributed by atoms with van der Waals surface area (Å²) in [5, 5.41) is 4.26. The average Bonchev–Trinajstić information content (AvgIpc) is 3.17. The second-order valence-electron chi connectivity index (χ2n) is 7.09. The zero-order valence-electron chi connectivity index (χ0n) is 16.1. The highest BCUT2D eigenvalue weighted by molar-refractivity contribution is 5.92. The highest BCUT2D eigenvalue weighted by atomic mass is 16.5. The van der Waals surface area contributed by atoms with Crippen molar-refractivity contribution in [1.29, 1.82) is 0 Å². The van der Waals surface area contributed by atoms with E-state index in [1.807, 2.05) is 30.3 Å². The van der Waals surface area contributed by atoms with Gasteiger partial charge in [0, 0.05) is 42.3 Å². The van der Waals surface area contributed by atoms with E-state index in [4.69, 9.17) is 4.74 Å². The number of para-hydroxylation sites is 1. The lowest BCUT2D eigenvalue weighted by atomic mass is 9.99. The number of hydrogen-bond donors (Lipinski definition) is 2. The van der Waals surface area contributed by atoms with Crippen LogP contribution in [0.3, 0.4) is 0 Å². The number of methoxy groups -OCH3 is 1. The number of carbonyl (C=O) groups is 1. The first kappa shape index (κ1) is 18.3. The van der Waals surface area contributed by atoms with E-state index >= 15 is 0 Å². The summed E-state index contributed by atoms with van der Waals surface area (Å²) in [4.78, 5) is 17.8. The zero-order valence-corrected chi connectivity index (χ0v) is 16.1. The van der Waals surface area contributed by atoms with Crippen LogP contribution in [-0.2, 0) is 11.3 Å². The van der Waals surface area contributed by atoms with Crippen LogP contribution < -0.4 is 10.1 Å². The molecule has 0 bridgehead atoms. The van der Waals surface area contributed by atoms with E-state index < -0.39 is 0 Å². The van der Waals surface area contributed by atoms with Crippen molar-refractivity contribution in [2.24, 2.45) is 0 Å². The topological polar surface area (TPSA) is 57.4 Å². The number of hydrogen-bond acceptors (Lipinski definition) is 3. The Kier molecular flexibility index (Phi) is 5.44. The van der Waals surface area contributed by atoms with Gasteiger partial charge in [0.05, 0.1) is 13.7 Å². The number of amides is 1. The van der Waals surface area contributed by atoms with E-state index in [-0.39, 0.29) is 5.91 Å². The molecular formula is C23H25N3O2. The first-order chi connectivity index (χ1) is 13.7. The summed E-state index contributed by atoms with van der Waals surface area (Å²) in [5.41, 5.74) is 4.83. The molecule has 0 unspecified atom stereocenters. The smallest absolute Gasteiger partial charge is 0.234 e. The molecule has 144 valence electrons. The van der Waals surface area contributed by atoms with Crippen LogP contribution >= 0.6 is 0 Å². The Morgan fingerprint density at radius 3 is 2.93 bits per heavy atom. The van der Waals surface area contributed by atoms with E-state index in [9.17, 15) is 4.79 Å². The highest BCUT2D eigenvalue weighted by Crippen LogP contribution is 2.28. The second-order valence-corrected chi connectivity index (χ2v) is 7.09. The van der Waals surface area contributed by atoms with Crippen LogP contribution in [0.4, 0.5) is 0 Å². The molecule has 1 aliphatic heterocycles. The summed E-state index contributed by atoms with van der Waals surface area (Å²) >= 11 is 0. The molecule has 4 rings (SSSR count). The van der Waals surface area contributed by atoms with E-state index in [1.165, 1.54) is 16.5 Å². The number of nitrogens with zero attached hydrogens (tertiary/aromatic N) is 1. The van der Waals surface area contributed by atoms with Gasteiger partial charge in [-0.2, -0.15) is 0 Å². The van der Waals surface area contributed by atoms with Crippen molar-refractivity contribution in [2.45, 2.75) is 13.0 Å². The molecule has 1 amide bonds. The number of aromatic nitrogens is 1. The van der Waals surface area contributed by atoms with E-state index in [1.54, 1.807) is 7.11 Å². The number of fused-ring (bicyclic) bond motifs is 1. The van der Waals surface area contributed by atoms with Crippen LogP contribution in [0.2, 0.25) is 0 Å². The SMILES string of the molecule is COc1cccc(CNC(=O)CN2CC=C(c3c[nH]c4ccccc34)CC2)c1. The van der Waals surface area contributed by atoms with Crippen LogP contribution in [0.15, 0.2) is 60.8 Å². The number of rotatable bonds is 6. The first-order valence-corrected chi connectivity index (χ1v) is 9.60. The van der Waals surface area contributed by atoms with Crippen LogP contribution in [-0.4, -0.2) is 42.5 Å². The lowest BCUT2D eigenvalue weighted by Crippen LogP contribution is -2.39. The Morgan fingerprint density at radius 2 is 2.11 bits per heavy atom. The maximum Gasteiger partial charge on any atom is 0.234 e. The Morgan fingerprint density at radius 1 is 1.21 bits per heavy atom. The van der Waals surface area contributed by atoms with Gasteiger partial charge in [-0.25, -0.2) is 0 Å². The van der Waals surface area contributed by atoms with Crippen molar-refractivity contribution in [3.63, 3.8) is 0 Å². The molecule has 2 aromatic carbocycles. The van der Waals surface area contributed by atoms with Crippen LogP contribution in [0.25, 0.3) is 16.5 Å². The lowest BCUT2D eigenvalue weighted by molar-refractivity contribution is -0.122. The Hall–Kier alpha value is -3.05. The summed E-state index contributed by atoms with van der Waals surface area (Å²) in [6, 6.07) is 16.1. The van der Waals surface area contributed by atoms with Crippen LogP contribution in [0.5, 0.6) is 5.75 Å². The van der Waals surface area contributed by atoms with Gasteiger partial charge >= 0.3 is 0 Å². The molecule has 28 heavy (non-hydrogen) atoms. The zero-order chi connectivity index (χ0) is 19.3. The molecule has 0 spiro atoms. The van der Waals surface area contributed by atoms with Gasteiger partial charge < -0.3 is 15.0 Å². The predicted octanol–water partition coefficient (Wildman–Crippen LogP) is 3.58. The van der Waals surface area contributed by atoms with Crippen molar-refractivity contribution in [1.82, 2.24) is 15.2 Å². The first-order valence-electron chi connectivity index (χ1n) is 9.60. The second kappa shape index (κ2) is 8.31. The summed E-state index contributed by atoms with van der Waals surface area (Å²) in [6.07, 6.45) is 5.28. The fourth-order valence-electron chi connectivity index (χ4n) is 3.68. The molecular weight excluding hydrogens is 350 g/mol. The average molecular weight is 375 g/mol. The van der Waals surface area contributed by atoms with Crippen molar-refractivity contribution in [2.75, 3.05) is 26.7 Å². The monoisotopic (exact) mass is 375 g/mol. The van der Waals surface area contributed by atoms with Gasteiger partial charge in [-0.15, -0.1) is 0 Å². The largest absolute Gasteiger partial charge is 0.497 e. The summed E-state index contributed by atoms with van der Waals surface area (Å²) in [5.74, 6) is 0.851. The third kappa shape index (κ3) is 4.10. The quantitative estimate of drug-likeness (QED) is 0.692. The molecule has 0 atom stereocenters. The number of H-pyrrole nitrogens is 1. The van der Waals surface area contributed by atoms with Crippen LogP contribution in [0.1, 0.15) is 17.5 Å². The van der Waals surface area contributed by atoms with Crippen molar-refractivity contribution < 1.29 is 9.53 Å². The van der Waals surface area contributed by atoms with E-state index in [2.05, 4.69) is 45.7 Å². The van der Waals surface area contributed by atoms with Gasteiger partial charge in [-0.1, -0.05) is 36.4 Å². The molecule has 0 aliphatic carbocycles. The van der Waals surface area contributed by atoms with Gasteiger partial charge in [0.1, 0.15) is 5.75 Å². The summed E-state index contributed by atoms with van der Waals surface area (Å²) in [7, 11) is 1.64. The number of nitrogens with one attached hydrogen (secondary N) is 2. The Balaban J connectivity index is 1.31. The van der Waals surface area contributed by atoms with Gasteiger partial charge in [0.2, 0.25) is 5.91 Å². The van der Waals surface area contributed by atoms with Gasteiger partial charge in [0.25, 0.3) is 0 Å². The number of benzene rings is 2. The number of ether oxygens (including phenoxy) is 1. The molecule has 0 fully saturated rings. The fraction of sp³-hybridized carbons (Fsp3) is 0.261. The normalized spacial score (nSPS) is 14.7. The highest BCUT2D eigenvalue weighted by Gasteiger charge is 2.17. The Bertz CT molecular complexity index is 1010. The molecule has 1 aliphatic rings. The third-order valence-electron chi connectivity index (χ3n) is 5.22. The van der Waals surface area contributed by atoms with E-state index in [0.717, 1.165) is 36.3 Å². The molecule has 0 saturated heterocycles. The summed E-state index contributed by atoms with van der Waals surface area (Å²) in [6.45, 7) is 2.61. The molecule has 2 heterocycles. The molecule has 3 aromatic rings. The van der Waals surface area contributed by atoms with Gasteiger partial charge in [0.15, 0.2) is 0 Å². The van der Waals surface area contributed by atoms with Crippen LogP contribution in [0, 0.1) is 0 Å². The molecule has 2 N–H and O–H groups in total. The molecule has 0 saturated carbocycles. The number of carbonyl (C=O) groups excluding carboxylic acids is 1. The molecule has 0 radical (unpaired) electrons. The fourth-order valence-corrected chi connectivity index (χ4v) is 3.68. The minimum Gasteiger partial charge on any atom is -0.497 e. The molecule has 5 nitrogen and oxygen atoms in total. The van der Waals surface area contributed by atoms with Crippen molar-refractivity contribution >= 4 is 22.4 Å². The lowest BCUT2D eigenvalue weighted by Gasteiger charge is -2.25. The van der Waals surface area contributed by atoms with E-state index in [0.29, 0.717) is 13.1 Å². The Labute approximate surface area is 165 Å². The third-order valence-corrected chi connectivity index (χ3v) is 5.22. The number of aromatic amines is 1. The minimum atomic E-state index is 0.0479. The standard InChI is InChI=1S/C23H25N3O2/c1-28-19-6-4-5-17(13-19)14-25-23(27)16-26-11-9-18(10-12-26)21-15-24-22-8-3-2-7-20(21)22/h2-9,13,15,24H,10-12,14,16H2,1H3,(H,25,27). The van der Waals surface area contributed by atoms with Crippen molar-refractivity contribution in [3.8, 4) is 5.75 Å². The van der Waals surface area contributed by atoms with Gasteiger partial charge in [-0.3, -0.25) is 9.69 Å². The minimum absolute atomic E-state index is 0.0479. The summed E-state index contributed by atoms with van der Waals surface area (Å²) < 4.78 is 5.22. The molecule has 5 heteroatoms. The van der Waals surface area contributed by atoms with Crippen molar-refractivity contribution in [3.05, 3.63) is 71.9 Å². The maximum atomic E-state index is 12.3. The predicted molar refractivity (Wildman–Crippen MR) is 112 cm³/mol. The maximum absolute atomic E-state index is 12.3. The van der Waals surface area contributed by atoms with Gasteiger partial charge in [-0.05, 0) is 35.8 Å². The molecule has 1 aromatic heterocycles.